The van der Waals surface area contributed by atoms with Crippen LogP contribution in [0.5, 0.6) is 0 Å². The Morgan fingerprint density at radius 1 is 0.846 bits per heavy atom. The lowest BCUT2D eigenvalue weighted by Gasteiger charge is -2.39. The molecule has 0 heterocycles. The zero-order chi connectivity index (χ0) is 9.00. The Morgan fingerprint density at radius 3 is 1.77 bits per heavy atom. The van der Waals surface area contributed by atoms with Gasteiger partial charge in [-0.3, -0.25) is 0 Å². The number of aliphatic hydroxyl groups is 2. The van der Waals surface area contributed by atoms with Crippen molar-refractivity contribution in [1.82, 2.24) is 0 Å². The van der Waals surface area contributed by atoms with E-state index in [0.29, 0.717) is 23.7 Å². The van der Waals surface area contributed by atoms with E-state index in [1.165, 1.54) is 6.42 Å². The standard InChI is InChI=1S/C11H16O2/c12-8-3-4-9(13)11-7-2-1-6(5-7)10(8)11/h1-2,6-13H,3-5H2/t6?,7?,8-,9+,10-,11+. The molecule has 0 aromatic carbocycles. The molecule has 2 fully saturated rings. The normalized spacial score (nSPS) is 58.3. The highest BCUT2D eigenvalue weighted by Gasteiger charge is 2.52. The molecule has 3 aliphatic rings. The zero-order valence-electron chi connectivity index (χ0n) is 7.63. The molecule has 0 aromatic rings. The van der Waals surface area contributed by atoms with Crippen LogP contribution in [0, 0.1) is 23.7 Å². The quantitative estimate of drug-likeness (QED) is 0.545. The summed E-state index contributed by atoms with van der Waals surface area (Å²) in [5.74, 6) is 1.83. The van der Waals surface area contributed by atoms with E-state index in [4.69, 9.17) is 0 Å². The van der Waals surface area contributed by atoms with Crippen LogP contribution in [0.15, 0.2) is 12.2 Å². The average Bonchev–Trinajstić information content (AvgIpc) is 2.70. The summed E-state index contributed by atoms with van der Waals surface area (Å²) < 4.78 is 0. The molecular formula is C11H16O2. The molecule has 13 heavy (non-hydrogen) atoms. The van der Waals surface area contributed by atoms with Gasteiger partial charge in [0, 0.05) is 0 Å². The van der Waals surface area contributed by atoms with Gasteiger partial charge in [-0.15, -0.1) is 0 Å². The van der Waals surface area contributed by atoms with Gasteiger partial charge in [0.1, 0.15) is 0 Å². The third kappa shape index (κ3) is 0.960. The highest BCUT2D eigenvalue weighted by atomic mass is 16.3. The van der Waals surface area contributed by atoms with Crippen molar-refractivity contribution in [3.8, 4) is 0 Å². The van der Waals surface area contributed by atoms with E-state index in [1.54, 1.807) is 0 Å². The zero-order valence-corrected chi connectivity index (χ0v) is 7.63. The lowest BCUT2D eigenvalue weighted by Crippen LogP contribution is -2.42. The molecule has 72 valence electrons. The van der Waals surface area contributed by atoms with Crippen molar-refractivity contribution in [2.24, 2.45) is 23.7 Å². The Bertz CT molecular complexity index is 224. The van der Waals surface area contributed by atoms with Gasteiger partial charge < -0.3 is 10.2 Å². The Morgan fingerprint density at radius 2 is 1.31 bits per heavy atom. The van der Waals surface area contributed by atoms with E-state index >= 15 is 0 Å². The second-order valence-corrected chi connectivity index (χ2v) is 4.82. The van der Waals surface area contributed by atoms with Gasteiger partial charge in [0.2, 0.25) is 0 Å². The van der Waals surface area contributed by atoms with Gasteiger partial charge in [-0.05, 0) is 42.9 Å². The molecule has 3 aliphatic carbocycles. The largest absolute Gasteiger partial charge is 0.393 e. The van der Waals surface area contributed by atoms with Gasteiger partial charge in [-0.25, -0.2) is 0 Å². The summed E-state index contributed by atoms with van der Waals surface area (Å²) in [7, 11) is 0. The van der Waals surface area contributed by atoms with Crippen LogP contribution in [-0.4, -0.2) is 22.4 Å². The molecule has 2 unspecified atom stereocenters. The van der Waals surface area contributed by atoms with E-state index < -0.39 is 0 Å². The maximum absolute atomic E-state index is 9.87. The van der Waals surface area contributed by atoms with Crippen molar-refractivity contribution in [2.45, 2.75) is 31.5 Å². The second kappa shape index (κ2) is 2.58. The topological polar surface area (TPSA) is 40.5 Å². The molecule has 0 saturated heterocycles. The molecular weight excluding hydrogens is 164 g/mol. The summed E-state index contributed by atoms with van der Waals surface area (Å²) in [6.45, 7) is 0. The molecule has 2 saturated carbocycles. The smallest absolute Gasteiger partial charge is 0.0578 e. The SMILES string of the molecule is O[C@@H]1CC[C@H](O)[C@@H]2C3C=CC(C3)[C@@H]21. The summed E-state index contributed by atoms with van der Waals surface area (Å²) in [6, 6.07) is 0. The fourth-order valence-electron chi connectivity index (χ4n) is 3.71. The van der Waals surface area contributed by atoms with Crippen LogP contribution in [-0.2, 0) is 0 Å². The molecule has 6 atom stereocenters. The second-order valence-electron chi connectivity index (χ2n) is 4.82. The highest BCUT2D eigenvalue weighted by molar-refractivity contribution is 5.17. The van der Waals surface area contributed by atoms with Crippen molar-refractivity contribution in [1.29, 1.82) is 0 Å². The van der Waals surface area contributed by atoms with Crippen molar-refractivity contribution < 1.29 is 10.2 Å². The van der Waals surface area contributed by atoms with Gasteiger partial charge in [0.15, 0.2) is 0 Å². The summed E-state index contributed by atoms with van der Waals surface area (Å²) in [5.41, 5.74) is 0. The Hall–Kier alpha value is -0.340. The first-order chi connectivity index (χ1) is 6.27. The molecule has 2 heteroatoms. The molecule has 2 N–H and O–H groups in total. The van der Waals surface area contributed by atoms with Crippen LogP contribution in [0.4, 0.5) is 0 Å². The third-order valence-corrected chi connectivity index (χ3v) is 4.23. The summed E-state index contributed by atoms with van der Waals surface area (Å²) in [5, 5.41) is 19.7. The van der Waals surface area contributed by atoms with Crippen LogP contribution < -0.4 is 0 Å². The Kier molecular flexibility index (Phi) is 1.59. The van der Waals surface area contributed by atoms with Crippen molar-refractivity contribution >= 4 is 0 Å². The molecule has 2 bridgehead atoms. The van der Waals surface area contributed by atoms with Gasteiger partial charge in [-0.1, -0.05) is 12.2 Å². The monoisotopic (exact) mass is 180 g/mol. The first kappa shape index (κ1) is 8.01. The summed E-state index contributed by atoms with van der Waals surface area (Å²) >= 11 is 0. The van der Waals surface area contributed by atoms with E-state index in [1.807, 2.05) is 0 Å². The van der Waals surface area contributed by atoms with Gasteiger partial charge >= 0.3 is 0 Å². The van der Waals surface area contributed by atoms with Crippen LogP contribution in [0.2, 0.25) is 0 Å². The number of fused-ring (bicyclic) bond motifs is 5. The number of hydrogen-bond acceptors (Lipinski definition) is 2. The van der Waals surface area contributed by atoms with E-state index in [2.05, 4.69) is 12.2 Å². The molecule has 0 aliphatic heterocycles. The van der Waals surface area contributed by atoms with E-state index in [9.17, 15) is 10.2 Å². The van der Waals surface area contributed by atoms with Crippen molar-refractivity contribution in [3.05, 3.63) is 12.2 Å². The van der Waals surface area contributed by atoms with Crippen molar-refractivity contribution in [2.75, 3.05) is 0 Å². The summed E-state index contributed by atoms with van der Waals surface area (Å²) in [4.78, 5) is 0. The predicted octanol–water partition coefficient (Wildman–Crippen LogP) is 0.940. The highest BCUT2D eigenvalue weighted by Crippen LogP contribution is 2.53. The minimum atomic E-state index is -0.159. The Balaban J connectivity index is 1.94. The first-order valence-electron chi connectivity index (χ1n) is 5.32. The van der Waals surface area contributed by atoms with E-state index in [0.717, 1.165) is 12.8 Å². The Labute approximate surface area is 78.3 Å². The van der Waals surface area contributed by atoms with Crippen molar-refractivity contribution in [3.63, 3.8) is 0 Å². The molecule has 0 radical (unpaired) electrons. The molecule has 0 aromatic heterocycles. The van der Waals surface area contributed by atoms with Gasteiger partial charge in [0.25, 0.3) is 0 Å². The fourth-order valence-corrected chi connectivity index (χ4v) is 3.71. The lowest BCUT2D eigenvalue weighted by molar-refractivity contribution is -0.0473. The fraction of sp³-hybridized carbons (Fsp3) is 0.818. The molecule has 2 nitrogen and oxygen atoms in total. The predicted molar refractivity (Wildman–Crippen MR) is 49.0 cm³/mol. The number of allylic oxidation sites excluding steroid dienone is 2. The van der Waals surface area contributed by atoms with E-state index in [-0.39, 0.29) is 12.2 Å². The maximum atomic E-state index is 9.87. The molecule has 0 amide bonds. The molecule has 0 spiro atoms. The van der Waals surface area contributed by atoms with Gasteiger partial charge in [-0.2, -0.15) is 0 Å². The average molecular weight is 180 g/mol. The summed E-state index contributed by atoms with van der Waals surface area (Å²) in [6.07, 6.45) is 6.92. The van der Waals surface area contributed by atoms with Crippen LogP contribution in [0.1, 0.15) is 19.3 Å². The number of rotatable bonds is 0. The molecule has 3 rings (SSSR count). The minimum Gasteiger partial charge on any atom is -0.393 e. The number of hydrogen-bond donors (Lipinski definition) is 2. The third-order valence-electron chi connectivity index (χ3n) is 4.23. The first-order valence-corrected chi connectivity index (χ1v) is 5.32. The minimum absolute atomic E-state index is 0.159. The van der Waals surface area contributed by atoms with Crippen LogP contribution in [0.3, 0.4) is 0 Å². The van der Waals surface area contributed by atoms with Crippen LogP contribution >= 0.6 is 0 Å². The van der Waals surface area contributed by atoms with Crippen LogP contribution in [0.25, 0.3) is 0 Å². The lowest BCUT2D eigenvalue weighted by atomic mass is 9.70. The maximum Gasteiger partial charge on any atom is 0.0578 e. The van der Waals surface area contributed by atoms with Gasteiger partial charge in [0.05, 0.1) is 12.2 Å². The number of aliphatic hydroxyl groups excluding tert-OH is 2.